The van der Waals surface area contributed by atoms with E-state index in [1.807, 2.05) is 46.8 Å². The molecule has 0 amide bonds. The van der Waals surface area contributed by atoms with Crippen LogP contribution in [-0.2, 0) is 75.6 Å². The minimum Gasteiger partial charge on any atom is -0.202 e. The fourth-order valence-electron chi connectivity index (χ4n) is 6.29. The molecule has 0 saturated heterocycles. The van der Waals surface area contributed by atoms with Gasteiger partial charge in [0.1, 0.15) is 0 Å². The van der Waals surface area contributed by atoms with Crippen LogP contribution in [-0.4, -0.2) is 6.38 Å². The topological polar surface area (TPSA) is 0 Å². The maximum absolute atomic E-state index is 12.7. The van der Waals surface area contributed by atoms with E-state index >= 15 is 0 Å². The van der Waals surface area contributed by atoms with Crippen molar-refractivity contribution in [3.8, 4) is 0 Å². The summed E-state index contributed by atoms with van der Waals surface area (Å²) in [5.74, 6) is -8.69. The zero-order chi connectivity index (χ0) is 57.5. The molecule has 0 heterocycles. The molecule has 6 aromatic rings. The van der Waals surface area contributed by atoms with E-state index in [4.69, 9.17) is 23.2 Å². The maximum Gasteiger partial charge on any atom is 0.270 e. The van der Waals surface area contributed by atoms with Crippen LogP contribution in [0.2, 0.25) is 10.0 Å². The predicted octanol–water partition coefficient (Wildman–Crippen LogP) is 22.7. The largest absolute Gasteiger partial charge is 0.270 e. The van der Waals surface area contributed by atoms with Gasteiger partial charge in [-0.1, -0.05) is 235 Å². The van der Waals surface area contributed by atoms with Crippen LogP contribution in [0.1, 0.15) is 178 Å². The molecule has 0 aliphatic rings. The second kappa shape index (κ2) is 42.0. The van der Waals surface area contributed by atoms with Gasteiger partial charge < -0.3 is 0 Å². The lowest BCUT2D eigenvalue weighted by Gasteiger charge is -2.13. The highest BCUT2D eigenvalue weighted by atomic mass is 35.5. The smallest absolute Gasteiger partial charge is 0.202 e. The van der Waals surface area contributed by atoms with Crippen LogP contribution >= 0.6 is 34.8 Å². The molecule has 0 aliphatic heterocycles. The fourth-order valence-corrected chi connectivity index (χ4v) is 6.93. The van der Waals surface area contributed by atoms with E-state index in [1.165, 1.54) is 51.9 Å². The highest BCUT2D eigenvalue weighted by Crippen LogP contribution is 2.32. The first-order valence-corrected chi connectivity index (χ1v) is 28.0. The number of hydrogen-bond acceptors (Lipinski definition) is 0. The molecule has 0 bridgehead atoms. The molecular weight excluding hydrogens is 1000 g/mol. The minimum atomic E-state index is -2.98. The van der Waals surface area contributed by atoms with E-state index < -0.39 is 17.8 Å². The lowest BCUT2D eigenvalue weighted by Crippen LogP contribution is -2.10. The van der Waals surface area contributed by atoms with E-state index in [0.717, 1.165) is 130 Å². The Kier molecular flexibility index (Phi) is 42.0. The third-order valence-corrected chi connectivity index (χ3v) is 12.0. The summed E-state index contributed by atoms with van der Waals surface area (Å²) in [5.41, 5.74) is 11.5. The molecule has 6 aromatic carbocycles. The quantitative estimate of drug-likeness (QED) is 0.0846. The SMILES string of the molecule is CC.CC.CC(F)(F)c1ccc(C(C)(F)F)cc1.CCc1cc(Cl)c(CC)cc1Cl.CCc1ccc(C(C)(F)F)cc1.CCc1ccc(CC)cc1.CCc1ccc(CC)cc1.CCc1ccc(CC)cc1.CCl. The molecule has 0 aliphatic carbocycles. The monoisotopic (exact) mass is 1090 g/mol. The Morgan fingerprint density at radius 2 is 0.419 bits per heavy atom. The number of alkyl halides is 7. The van der Waals surface area contributed by atoms with Crippen LogP contribution in [0, 0.1) is 0 Å². The Balaban J connectivity index is -0.000000803. The van der Waals surface area contributed by atoms with Gasteiger partial charge in [-0.15, -0.1) is 11.6 Å². The molecule has 0 spiro atoms. The lowest BCUT2D eigenvalue weighted by molar-refractivity contribution is 0.0131. The van der Waals surface area contributed by atoms with Gasteiger partial charge >= 0.3 is 0 Å². The van der Waals surface area contributed by atoms with Crippen molar-refractivity contribution in [2.24, 2.45) is 0 Å². The van der Waals surface area contributed by atoms with Crippen LogP contribution in [0.4, 0.5) is 26.3 Å². The van der Waals surface area contributed by atoms with Crippen LogP contribution < -0.4 is 0 Å². The molecule has 6 rings (SSSR count). The highest BCUT2D eigenvalue weighted by molar-refractivity contribution is 6.34. The Bertz CT molecular complexity index is 1990. The maximum atomic E-state index is 12.7. The average molecular weight is 1090 g/mol. The summed E-state index contributed by atoms with van der Waals surface area (Å²) in [6.45, 7) is 29.6. The van der Waals surface area contributed by atoms with E-state index in [0.29, 0.717) is 0 Å². The van der Waals surface area contributed by atoms with E-state index in [2.05, 4.69) is 140 Å². The molecular formula is C65H91Cl3F6. The molecule has 0 unspecified atom stereocenters. The molecule has 0 radical (unpaired) electrons. The van der Waals surface area contributed by atoms with Gasteiger partial charge in [0.05, 0.1) is 0 Å². The van der Waals surface area contributed by atoms with Crippen LogP contribution in [0.5, 0.6) is 0 Å². The van der Waals surface area contributed by atoms with Gasteiger partial charge in [0.2, 0.25) is 0 Å². The third-order valence-electron chi connectivity index (χ3n) is 11.3. The first kappa shape index (κ1) is 74.0. The highest BCUT2D eigenvalue weighted by Gasteiger charge is 2.28. The van der Waals surface area contributed by atoms with Crippen molar-refractivity contribution in [1.82, 2.24) is 0 Å². The van der Waals surface area contributed by atoms with Gasteiger partial charge in [-0.05, 0) is 120 Å². The van der Waals surface area contributed by atoms with Crippen molar-refractivity contribution in [2.75, 3.05) is 6.38 Å². The summed E-state index contributed by atoms with van der Waals surface area (Å²) in [6, 6.07) is 40.9. The lowest BCUT2D eigenvalue weighted by atomic mass is 10.0. The number of halogens is 9. The molecule has 74 heavy (non-hydrogen) atoms. The van der Waals surface area contributed by atoms with Crippen LogP contribution in [0.15, 0.2) is 133 Å². The minimum absolute atomic E-state index is 0.0831. The Labute approximate surface area is 461 Å². The van der Waals surface area contributed by atoms with Gasteiger partial charge in [0, 0.05) is 53.9 Å². The molecule has 0 nitrogen and oxygen atoms in total. The molecule has 0 N–H and O–H groups in total. The molecule has 9 heteroatoms. The zero-order valence-electron chi connectivity index (χ0n) is 48.0. The normalized spacial score (nSPS) is 10.2. The van der Waals surface area contributed by atoms with Crippen LogP contribution in [0.3, 0.4) is 0 Å². The molecule has 0 aromatic heterocycles. The van der Waals surface area contributed by atoms with E-state index in [-0.39, 0.29) is 16.7 Å². The average Bonchev–Trinajstić information content (AvgIpc) is 3.43. The predicted molar refractivity (Wildman–Crippen MR) is 316 cm³/mol. The second-order valence-corrected chi connectivity index (χ2v) is 17.4. The number of rotatable bonds is 12. The first-order valence-electron chi connectivity index (χ1n) is 26.4. The first-order chi connectivity index (χ1) is 35.0. The van der Waals surface area contributed by atoms with Gasteiger partial charge in [-0.25, -0.2) is 26.3 Å². The molecule has 414 valence electrons. The standard InChI is InChI=1S/C10H12Cl2.C10H10F4.C10H12F2.3C10H14.2C2H6.CH3Cl/c1-3-7-5-10(12)8(4-2)6-9(7)11;1-9(11,12)7-3-5-8(6-4-7)10(2,13)14;1-3-8-4-6-9(7-5-8)10(2,11)12;3*1-3-9-5-7-10(4-2)8-6-9;3*1-2/h5-6H,3-4H2,1-2H3;3-6H,1-2H3;4-7H,3H2,1-2H3;3*5-8H,3-4H2,1-2H3;2*1-2H3;1H3. The van der Waals surface area contributed by atoms with Crippen molar-refractivity contribution in [3.63, 3.8) is 0 Å². The fraction of sp³-hybridized carbons (Fsp3) is 0.446. The summed E-state index contributed by atoms with van der Waals surface area (Å²) in [4.78, 5) is 0. The van der Waals surface area contributed by atoms with Crippen molar-refractivity contribution >= 4 is 34.8 Å². The zero-order valence-corrected chi connectivity index (χ0v) is 50.2. The van der Waals surface area contributed by atoms with Gasteiger partial charge in [0.15, 0.2) is 0 Å². The molecule has 0 fully saturated rings. The summed E-state index contributed by atoms with van der Waals surface area (Å²) in [6.07, 6.45) is 11.1. The van der Waals surface area contributed by atoms with Gasteiger partial charge in [0.25, 0.3) is 17.8 Å². The van der Waals surface area contributed by atoms with Crippen molar-refractivity contribution in [2.45, 2.75) is 186 Å². The second-order valence-electron chi connectivity index (χ2n) is 16.6. The number of aryl methyl sites for hydroxylation is 9. The molecule has 0 atom stereocenters. The van der Waals surface area contributed by atoms with Crippen LogP contribution in [0.25, 0.3) is 0 Å². The third kappa shape index (κ3) is 31.6. The Hall–Kier alpha value is -4.23. The van der Waals surface area contributed by atoms with Crippen molar-refractivity contribution in [1.29, 1.82) is 0 Å². The van der Waals surface area contributed by atoms with Gasteiger partial charge in [-0.3, -0.25) is 0 Å². The summed E-state index contributed by atoms with van der Waals surface area (Å²) in [7, 11) is 0. The van der Waals surface area contributed by atoms with Gasteiger partial charge in [-0.2, -0.15) is 0 Å². The van der Waals surface area contributed by atoms with Crippen molar-refractivity contribution < 1.29 is 26.3 Å². The molecule has 0 saturated carbocycles. The summed E-state index contributed by atoms with van der Waals surface area (Å²) < 4.78 is 76.2. The van der Waals surface area contributed by atoms with E-state index in [1.54, 1.807) is 12.1 Å². The number of benzene rings is 6. The Morgan fingerprint density at radius 1 is 0.284 bits per heavy atom. The Morgan fingerprint density at radius 3 is 0.541 bits per heavy atom. The summed E-state index contributed by atoms with van der Waals surface area (Å²) >= 11 is 16.7. The van der Waals surface area contributed by atoms with Crippen molar-refractivity contribution in [3.05, 3.63) is 210 Å². The summed E-state index contributed by atoms with van der Waals surface area (Å²) in [5, 5.41) is 1.66. The number of hydrogen-bond donors (Lipinski definition) is 0. The van der Waals surface area contributed by atoms with E-state index in [9.17, 15) is 26.3 Å².